The zero-order valence-corrected chi connectivity index (χ0v) is 19.5. The van der Waals surface area contributed by atoms with Gasteiger partial charge in [0.2, 0.25) is 0 Å². The van der Waals surface area contributed by atoms with Crippen molar-refractivity contribution in [1.82, 2.24) is 14.8 Å². The summed E-state index contributed by atoms with van der Waals surface area (Å²) < 4.78 is 1.82. The zero-order chi connectivity index (χ0) is 23.8. The Morgan fingerprint density at radius 3 is 2.48 bits per heavy atom. The van der Waals surface area contributed by atoms with Crippen molar-refractivity contribution < 1.29 is 4.79 Å². The quantitative estimate of drug-likeness (QED) is 0.556. The molecule has 6 heteroatoms. The van der Waals surface area contributed by atoms with Crippen LogP contribution in [0.5, 0.6) is 0 Å². The van der Waals surface area contributed by atoms with E-state index in [1.54, 1.807) is 14.1 Å². The van der Waals surface area contributed by atoms with Crippen molar-refractivity contribution in [1.29, 1.82) is 5.26 Å². The Morgan fingerprint density at radius 2 is 1.82 bits per heavy atom. The van der Waals surface area contributed by atoms with Crippen LogP contribution in [0, 0.1) is 11.3 Å². The molecule has 2 aromatic carbocycles. The predicted octanol–water partition coefficient (Wildman–Crippen LogP) is 4.55. The second-order valence-corrected chi connectivity index (χ2v) is 8.11. The minimum atomic E-state index is -0.232. The number of benzene rings is 2. The highest BCUT2D eigenvalue weighted by Crippen LogP contribution is 2.23. The normalized spacial score (nSPS) is 10.5. The molecule has 1 heterocycles. The maximum absolute atomic E-state index is 13.3. The highest BCUT2D eigenvalue weighted by Gasteiger charge is 2.14. The molecule has 0 aliphatic heterocycles. The molecule has 6 nitrogen and oxygen atoms in total. The zero-order valence-electron chi connectivity index (χ0n) is 19.5. The van der Waals surface area contributed by atoms with E-state index in [1.165, 1.54) is 4.90 Å². The van der Waals surface area contributed by atoms with Gasteiger partial charge < -0.3 is 14.8 Å². The molecule has 0 atom stereocenters. The summed E-state index contributed by atoms with van der Waals surface area (Å²) >= 11 is 0. The number of aryl methyl sites for hydroxylation is 1. The van der Waals surface area contributed by atoms with Gasteiger partial charge in [-0.25, -0.2) is 4.79 Å². The largest absolute Gasteiger partial charge is 0.341 e. The Hall–Kier alpha value is -3.85. The molecule has 1 N–H and O–H groups in total. The summed E-state index contributed by atoms with van der Waals surface area (Å²) in [5, 5.41) is 12.0. The van der Waals surface area contributed by atoms with Crippen LogP contribution in [-0.4, -0.2) is 29.6 Å². The number of carbonyl (C=O) groups excluding carboxylic acids is 1. The molecule has 1 aromatic heterocycles. The van der Waals surface area contributed by atoms with E-state index in [2.05, 4.69) is 18.3 Å². The van der Waals surface area contributed by atoms with E-state index in [0.717, 1.165) is 41.6 Å². The first-order chi connectivity index (χ1) is 16.0. The summed E-state index contributed by atoms with van der Waals surface area (Å²) in [6.07, 6.45) is 2.87. The highest BCUT2D eigenvalue weighted by molar-refractivity contribution is 5.73. The first kappa shape index (κ1) is 23.8. The Bertz CT molecular complexity index is 1210. The average molecular weight is 443 g/mol. The fourth-order valence-electron chi connectivity index (χ4n) is 3.85. The smallest absolute Gasteiger partial charge is 0.317 e. The van der Waals surface area contributed by atoms with Gasteiger partial charge in [0.1, 0.15) is 0 Å². The number of aromatic nitrogens is 1. The summed E-state index contributed by atoms with van der Waals surface area (Å²) in [6.45, 7) is 2.83. The fraction of sp³-hybridized carbons (Fsp3) is 0.296. The van der Waals surface area contributed by atoms with Gasteiger partial charge in [0.25, 0.3) is 5.56 Å². The number of pyridine rings is 1. The van der Waals surface area contributed by atoms with Crippen molar-refractivity contribution in [2.24, 2.45) is 0 Å². The van der Waals surface area contributed by atoms with E-state index in [1.807, 2.05) is 65.2 Å². The lowest BCUT2D eigenvalue weighted by molar-refractivity contribution is 0.209. The summed E-state index contributed by atoms with van der Waals surface area (Å²) in [7, 11) is 3.25. The van der Waals surface area contributed by atoms with Crippen molar-refractivity contribution >= 4 is 6.03 Å². The van der Waals surface area contributed by atoms with Gasteiger partial charge in [0, 0.05) is 25.4 Å². The number of unbranched alkanes of at least 4 members (excludes halogenated alkanes) is 1. The Labute approximate surface area is 195 Å². The molecule has 33 heavy (non-hydrogen) atoms. The number of hydrogen-bond donors (Lipinski definition) is 1. The molecule has 170 valence electrons. The third-order valence-corrected chi connectivity index (χ3v) is 5.75. The number of carbonyl (C=O) groups is 1. The molecule has 0 bridgehead atoms. The minimum Gasteiger partial charge on any atom is -0.341 e. The Morgan fingerprint density at radius 1 is 1.09 bits per heavy atom. The molecule has 3 aromatic rings. The van der Waals surface area contributed by atoms with Crippen molar-refractivity contribution in [3.63, 3.8) is 0 Å². The van der Waals surface area contributed by atoms with Gasteiger partial charge in [-0.15, -0.1) is 0 Å². The molecular weight excluding hydrogens is 412 g/mol. The van der Waals surface area contributed by atoms with Crippen LogP contribution in [0.1, 0.15) is 42.1 Å². The highest BCUT2D eigenvalue weighted by atomic mass is 16.2. The number of urea groups is 1. The van der Waals surface area contributed by atoms with Crippen molar-refractivity contribution in [2.75, 3.05) is 14.1 Å². The molecule has 0 spiro atoms. The van der Waals surface area contributed by atoms with Gasteiger partial charge in [-0.3, -0.25) is 4.79 Å². The third kappa shape index (κ3) is 5.69. The van der Waals surface area contributed by atoms with Crippen LogP contribution < -0.4 is 10.9 Å². The lowest BCUT2D eigenvalue weighted by atomic mass is 9.99. The van der Waals surface area contributed by atoms with Crippen LogP contribution >= 0.6 is 0 Å². The summed E-state index contributed by atoms with van der Waals surface area (Å²) in [4.78, 5) is 26.7. The maximum Gasteiger partial charge on any atom is 0.317 e. The number of nitrogens with zero attached hydrogens (tertiary/aromatic N) is 3. The predicted molar refractivity (Wildman–Crippen MR) is 131 cm³/mol. The molecule has 0 saturated carbocycles. The van der Waals surface area contributed by atoms with E-state index in [-0.39, 0.29) is 18.1 Å². The van der Waals surface area contributed by atoms with Gasteiger partial charge in [0.15, 0.2) is 0 Å². The first-order valence-corrected chi connectivity index (χ1v) is 11.2. The number of nitrogens with one attached hydrogen (secondary N) is 1. The van der Waals surface area contributed by atoms with Crippen LogP contribution in [0.2, 0.25) is 0 Å². The number of amides is 2. The lowest BCUT2D eigenvalue weighted by Gasteiger charge is -2.19. The first-order valence-electron chi connectivity index (χ1n) is 11.2. The second-order valence-electron chi connectivity index (χ2n) is 8.11. The minimum absolute atomic E-state index is 0.0711. The Balaban J connectivity index is 1.92. The van der Waals surface area contributed by atoms with Gasteiger partial charge in [-0.05, 0) is 47.7 Å². The van der Waals surface area contributed by atoms with E-state index < -0.39 is 0 Å². The fourth-order valence-corrected chi connectivity index (χ4v) is 3.85. The second kappa shape index (κ2) is 11.1. The van der Waals surface area contributed by atoms with E-state index in [9.17, 15) is 14.9 Å². The molecule has 0 fully saturated rings. The average Bonchev–Trinajstić information content (AvgIpc) is 2.85. The van der Waals surface area contributed by atoms with Crippen molar-refractivity contribution in [3.05, 3.63) is 93.4 Å². The maximum atomic E-state index is 13.3. The van der Waals surface area contributed by atoms with Crippen LogP contribution in [0.3, 0.4) is 0 Å². The van der Waals surface area contributed by atoms with Crippen LogP contribution in [-0.2, 0) is 19.5 Å². The molecule has 3 rings (SSSR count). The van der Waals surface area contributed by atoms with E-state index in [0.29, 0.717) is 17.7 Å². The van der Waals surface area contributed by atoms with Gasteiger partial charge in [0.05, 0.1) is 24.7 Å². The van der Waals surface area contributed by atoms with E-state index >= 15 is 0 Å². The SMILES string of the molecule is CCCCc1ccc(CN(C)C(=O)NC)c(=O)n1Cc1ccc(-c2ccccc2C#N)cc1. The topological polar surface area (TPSA) is 78.1 Å². The van der Waals surface area contributed by atoms with Gasteiger partial charge in [-0.2, -0.15) is 5.26 Å². The van der Waals surface area contributed by atoms with E-state index in [4.69, 9.17) is 0 Å². The monoisotopic (exact) mass is 442 g/mol. The number of rotatable bonds is 8. The molecule has 0 saturated heterocycles. The summed E-state index contributed by atoms with van der Waals surface area (Å²) in [6, 6.07) is 21.4. The number of nitriles is 1. The van der Waals surface area contributed by atoms with Crippen LogP contribution in [0.15, 0.2) is 65.5 Å². The third-order valence-electron chi connectivity index (χ3n) is 5.75. The standard InChI is InChI=1S/C27H30N4O2/c1-4-5-9-24-16-15-23(19-30(3)27(33)29-2)26(32)31(24)18-20-11-13-21(14-12-20)25-10-7-6-8-22(25)17-28/h6-8,10-16H,4-5,9,18-19H2,1-3H3,(H,29,33). The molecule has 0 aliphatic rings. The molecule has 0 radical (unpaired) electrons. The van der Waals surface area contributed by atoms with Crippen LogP contribution in [0.25, 0.3) is 11.1 Å². The molecule has 2 amide bonds. The van der Waals surface area contributed by atoms with Crippen LogP contribution in [0.4, 0.5) is 4.79 Å². The van der Waals surface area contributed by atoms with Crippen molar-refractivity contribution in [3.8, 4) is 17.2 Å². The Kier molecular flexibility index (Phi) is 8.04. The van der Waals surface area contributed by atoms with Gasteiger partial charge in [-0.1, -0.05) is 55.8 Å². The summed E-state index contributed by atoms with van der Waals surface area (Å²) in [5.41, 5.74) is 5.01. The molecular formula is C27H30N4O2. The molecule has 0 aliphatic carbocycles. The van der Waals surface area contributed by atoms with Crippen molar-refractivity contribution in [2.45, 2.75) is 39.3 Å². The lowest BCUT2D eigenvalue weighted by Crippen LogP contribution is -2.37. The summed E-state index contributed by atoms with van der Waals surface area (Å²) in [5.74, 6) is 0. The van der Waals surface area contributed by atoms with Gasteiger partial charge >= 0.3 is 6.03 Å². The molecule has 0 unspecified atom stereocenters. The number of hydrogen-bond acceptors (Lipinski definition) is 3.